The molecule has 0 saturated heterocycles. The van der Waals surface area contributed by atoms with Gasteiger partial charge < -0.3 is 19.9 Å². The molecule has 0 atom stereocenters. The Morgan fingerprint density at radius 3 is 0.846 bits per heavy atom. The van der Waals surface area contributed by atoms with Gasteiger partial charge in [0.2, 0.25) is 0 Å². The Morgan fingerprint density at radius 2 is 0.718 bits per heavy atom. The van der Waals surface area contributed by atoms with Crippen LogP contribution in [0.5, 0.6) is 0 Å². The molecule has 0 bridgehead atoms. The second-order valence-electron chi connectivity index (χ2n) is 8.31. The van der Waals surface area contributed by atoms with Crippen molar-refractivity contribution in [3.63, 3.8) is 0 Å². The molecule has 0 fully saturated rings. The molecule has 6 aromatic heterocycles. The standard InChI is InChI=1S/2C12H12N2.2C3H3N2.Os/c2*1-9-3-5-11(13-7-9)12-6-4-10(2)8-14-12;2*1-2-5-3-4-1;/h2*3-8H,1-2H3;2*1-3H;/q;;2*-1;+2. The Hall–Kier alpha value is -4.34. The topological polar surface area (TPSA) is 106 Å². The minimum Gasteiger partial charge on any atom is -0.450 e. The Balaban J connectivity index is 0.000000199. The third-order valence-corrected chi connectivity index (χ3v) is 4.91. The summed E-state index contributed by atoms with van der Waals surface area (Å²) in [6, 6.07) is 16.2. The van der Waals surface area contributed by atoms with Crippen LogP contribution in [0.25, 0.3) is 22.8 Å². The average Bonchev–Trinajstić information content (AvgIpc) is 3.71. The van der Waals surface area contributed by atoms with Gasteiger partial charge in [-0.1, -0.05) is 61.7 Å². The van der Waals surface area contributed by atoms with Crippen molar-refractivity contribution in [3.05, 3.63) is 133 Å². The largest absolute Gasteiger partial charge is 2.00 e. The van der Waals surface area contributed by atoms with Crippen molar-refractivity contribution in [1.82, 2.24) is 39.9 Å². The van der Waals surface area contributed by atoms with Gasteiger partial charge in [-0.25, -0.2) is 0 Å². The summed E-state index contributed by atoms with van der Waals surface area (Å²) in [4.78, 5) is 31.7. The van der Waals surface area contributed by atoms with Crippen LogP contribution in [-0.2, 0) is 19.8 Å². The van der Waals surface area contributed by atoms with E-state index in [0.717, 1.165) is 22.8 Å². The van der Waals surface area contributed by atoms with Gasteiger partial charge in [-0.3, -0.25) is 19.9 Å². The second-order valence-corrected chi connectivity index (χ2v) is 8.31. The van der Waals surface area contributed by atoms with Crippen LogP contribution in [-0.4, -0.2) is 29.9 Å². The van der Waals surface area contributed by atoms with E-state index in [1.54, 1.807) is 24.8 Å². The van der Waals surface area contributed by atoms with E-state index < -0.39 is 0 Å². The fraction of sp³-hybridized carbons (Fsp3) is 0.133. The molecule has 9 heteroatoms. The molecule has 6 aromatic rings. The third-order valence-electron chi connectivity index (χ3n) is 4.91. The summed E-state index contributed by atoms with van der Waals surface area (Å²) < 4.78 is 0. The normalized spacial score (nSPS) is 9.33. The third kappa shape index (κ3) is 11.7. The Labute approximate surface area is 242 Å². The van der Waals surface area contributed by atoms with Gasteiger partial charge >= 0.3 is 19.8 Å². The first kappa shape index (κ1) is 30.9. The zero-order valence-electron chi connectivity index (χ0n) is 22.3. The Morgan fingerprint density at radius 1 is 0.436 bits per heavy atom. The molecule has 0 aliphatic rings. The number of hydrogen-bond donors (Lipinski definition) is 0. The molecule has 0 unspecified atom stereocenters. The second kappa shape index (κ2) is 17.2. The fourth-order valence-corrected chi connectivity index (χ4v) is 2.86. The monoisotopic (exact) mass is 694 g/mol. The molecule has 0 aliphatic carbocycles. The van der Waals surface area contributed by atoms with E-state index in [1.165, 1.54) is 34.9 Å². The molecule has 0 radical (unpaired) electrons. The molecule has 39 heavy (non-hydrogen) atoms. The van der Waals surface area contributed by atoms with Crippen LogP contribution < -0.4 is 9.97 Å². The van der Waals surface area contributed by atoms with Crippen LogP contribution >= 0.6 is 0 Å². The summed E-state index contributed by atoms with van der Waals surface area (Å²) >= 11 is 0. The van der Waals surface area contributed by atoms with Crippen molar-refractivity contribution in [2.24, 2.45) is 0 Å². The summed E-state index contributed by atoms with van der Waals surface area (Å²) in [6.45, 7) is 8.11. The van der Waals surface area contributed by atoms with Gasteiger partial charge in [0.15, 0.2) is 0 Å². The summed E-state index contributed by atoms with van der Waals surface area (Å²) in [5.41, 5.74) is 8.38. The molecule has 0 aliphatic heterocycles. The van der Waals surface area contributed by atoms with Gasteiger partial charge in [0.05, 0.1) is 22.8 Å². The molecule has 0 spiro atoms. The number of pyridine rings is 4. The van der Waals surface area contributed by atoms with E-state index in [1.807, 2.05) is 101 Å². The number of aryl methyl sites for hydroxylation is 4. The minimum absolute atomic E-state index is 0. The van der Waals surface area contributed by atoms with Crippen molar-refractivity contribution >= 4 is 0 Å². The molecule has 0 amide bonds. The minimum atomic E-state index is 0. The van der Waals surface area contributed by atoms with Crippen LogP contribution in [0.2, 0.25) is 0 Å². The maximum absolute atomic E-state index is 4.32. The van der Waals surface area contributed by atoms with E-state index in [9.17, 15) is 0 Å². The fourth-order valence-electron chi connectivity index (χ4n) is 2.86. The first-order valence-electron chi connectivity index (χ1n) is 12.0. The van der Waals surface area contributed by atoms with Crippen molar-refractivity contribution in [2.75, 3.05) is 0 Å². The molecule has 198 valence electrons. The number of aromatic nitrogens is 8. The quantitative estimate of drug-likeness (QED) is 0.231. The maximum Gasteiger partial charge on any atom is 2.00 e. The van der Waals surface area contributed by atoms with E-state index in [4.69, 9.17) is 0 Å². The summed E-state index contributed by atoms with van der Waals surface area (Å²) in [5.74, 6) is 0. The van der Waals surface area contributed by atoms with Gasteiger partial charge in [0, 0.05) is 24.8 Å². The maximum atomic E-state index is 4.32. The first-order chi connectivity index (χ1) is 18.5. The van der Waals surface area contributed by atoms with Gasteiger partial charge in [0.1, 0.15) is 0 Å². The molecule has 0 N–H and O–H groups in total. The van der Waals surface area contributed by atoms with Gasteiger partial charge in [-0.15, -0.1) is 0 Å². The van der Waals surface area contributed by atoms with E-state index in [2.05, 4.69) is 39.9 Å². The van der Waals surface area contributed by atoms with Crippen LogP contribution in [0.1, 0.15) is 22.3 Å². The van der Waals surface area contributed by atoms with Crippen molar-refractivity contribution in [2.45, 2.75) is 27.7 Å². The van der Waals surface area contributed by atoms with Crippen LogP contribution in [0, 0.1) is 27.7 Å². The van der Waals surface area contributed by atoms with Crippen molar-refractivity contribution in [3.8, 4) is 22.8 Å². The predicted octanol–water partition coefficient (Wildman–Crippen LogP) is 5.60. The van der Waals surface area contributed by atoms with E-state index in [-0.39, 0.29) is 19.8 Å². The first-order valence-corrected chi connectivity index (χ1v) is 12.0. The van der Waals surface area contributed by atoms with Crippen molar-refractivity contribution < 1.29 is 19.8 Å². The molecule has 0 aromatic carbocycles. The van der Waals surface area contributed by atoms with Crippen LogP contribution in [0.3, 0.4) is 0 Å². The predicted molar refractivity (Wildman–Crippen MR) is 149 cm³/mol. The molecular formula is C30H30N8Os. The SMILES string of the molecule is Cc1ccc(-c2ccc(C)cn2)nc1.Cc1ccc(-c2ccc(C)cn2)nc1.[Os+2].c1c[n-]cn1.c1c[n-]cn1. The number of hydrogen-bond acceptors (Lipinski definition) is 6. The van der Waals surface area contributed by atoms with Crippen LogP contribution in [0.4, 0.5) is 0 Å². The number of nitrogens with zero attached hydrogens (tertiary/aromatic N) is 8. The molecule has 0 saturated carbocycles. The van der Waals surface area contributed by atoms with Gasteiger partial charge in [-0.05, 0) is 74.2 Å². The van der Waals surface area contributed by atoms with Crippen molar-refractivity contribution in [1.29, 1.82) is 0 Å². The molecule has 6 rings (SSSR count). The summed E-state index contributed by atoms with van der Waals surface area (Å²) in [6.07, 6.45) is 17.0. The Bertz CT molecular complexity index is 1160. The zero-order chi connectivity index (χ0) is 27.0. The van der Waals surface area contributed by atoms with Gasteiger partial charge in [-0.2, -0.15) is 0 Å². The smallest absolute Gasteiger partial charge is 0.450 e. The van der Waals surface area contributed by atoms with E-state index in [0.29, 0.717) is 0 Å². The molecule has 8 nitrogen and oxygen atoms in total. The Kier molecular flexibility index (Phi) is 13.6. The zero-order valence-corrected chi connectivity index (χ0v) is 24.9. The summed E-state index contributed by atoms with van der Waals surface area (Å²) in [5, 5.41) is 0. The van der Waals surface area contributed by atoms with Crippen LogP contribution in [0.15, 0.2) is 111 Å². The number of rotatable bonds is 2. The molecule has 6 heterocycles. The average molecular weight is 693 g/mol. The van der Waals surface area contributed by atoms with Gasteiger partial charge in [0.25, 0.3) is 0 Å². The number of imidazole rings is 2. The summed E-state index contributed by atoms with van der Waals surface area (Å²) in [7, 11) is 0. The molecular weight excluding hydrogens is 663 g/mol. The van der Waals surface area contributed by atoms with E-state index >= 15 is 0 Å².